The summed E-state index contributed by atoms with van der Waals surface area (Å²) in [4.78, 5) is 16.4. The fourth-order valence-corrected chi connectivity index (χ4v) is 1.76. The maximum atomic E-state index is 11.5. The quantitative estimate of drug-likeness (QED) is 0.427. The molecule has 2 rings (SSSR count). The average molecular weight is 205 g/mol. The van der Waals surface area contributed by atoms with Crippen molar-refractivity contribution in [2.24, 2.45) is 0 Å². The van der Waals surface area contributed by atoms with Crippen molar-refractivity contribution < 1.29 is 29.7 Å². The second-order valence-electron chi connectivity index (χ2n) is 3.37. The van der Waals surface area contributed by atoms with Crippen LogP contribution in [-0.2, 0) is 14.4 Å². The standard InChI is InChI=1S/C7H11NO6/c1-8-6(12)7(2-9)4(10)3(14-8)5(11)13-7/h3-5,9-11H,2H2,1H3/t3?,4?,5-,7-/m1/s1. The number of likely N-dealkylation sites (N-methyl/N-ethyl adjacent to an activating group) is 1. The van der Waals surface area contributed by atoms with Crippen molar-refractivity contribution in [3.05, 3.63) is 0 Å². The van der Waals surface area contributed by atoms with Crippen molar-refractivity contribution in [1.29, 1.82) is 0 Å². The van der Waals surface area contributed by atoms with E-state index < -0.39 is 36.6 Å². The van der Waals surface area contributed by atoms with Crippen LogP contribution in [0.3, 0.4) is 0 Å². The molecule has 4 atom stereocenters. The molecule has 2 aliphatic rings. The minimum Gasteiger partial charge on any atom is -0.393 e. The van der Waals surface area contributed by atoms with Crippen LogP contribution in [0.25, 0.3) is 0 Å². The van der Waals surface area contributed by atoms with Gasteiger partial charge in [0.2, 0.25) is 5.60 Å². The number of hydrogen-bond donors (Lipinski definition) is 3. The van der Waals surface area contributed by atoms with Gasteiger partial charge in [0.1, 0.15) is 6.10 Å². The fraction of sp³-hybridized carbons (Fsp3) is 0.857. The Kier molecular flexibility index (Phi) is 2.02. The minimum absolute atomic E-state index is 0.700. The van der Waals surface area contributed by atoms with Crippen molar-refractivity contribution in [1.82, 2.24) is 5.06 Å². The number of hydrogen-bond acceptors (Lipinski definition) is 6. The first-order valence-electron chi connectivity index (χ1n) is 4.12. The van der Waals surface area contributed by atoms with E-state index in [1.165, 1.54) is 7.05 Å². The highest BCUT2D eigenvalue weighted by Crippen LogP contribution is 2.37. The van der Waals surface area contributed by atoms with Gasteiger partial charge in [0.15, 0.2) is 12.4 Å². The van der Waals surface area contributed by atoms with Crippen LogP contribution in [0.1, 0.15) is 0 Å². The van der Waals surface area contributed by atoms with Gasteiger partial charge in [0, 0.05) is 7.05 Å². The molecule has 2 unspecified atom stereocenters. The van der Waals surface area contributed by atoms with Crippen LogP contribution >= 0.6 is 0 Å². The summed E-state index contributed by atoms with van der Waals surface area (Å²) < 4.78 is 4.86. The maximum absolute atomic E-state index is 11.5. The summed E-state index contributed by atoms with van der Waals surface area (Å²) in [5.74, 6) is -0.708. The van der Waals surface area contributed by atoms with E-state index in [0.29, 0.717) is 0 Å². The van der Waals surface area contributed by atoms with Gasteiger partial charge in [-0.05, 0) is 0 Å². The molecular formula is C7H11NO6. The van der Waals surface area contributed by atoms with Crippen LogP contribution in [0.2, 0.25) is 0 Å². The lowest BCUT2D eigenvalue weighted by molar-refractivity contribution is -0.247. The lowest BCUT2D eigenvalue weighted by atomic mass is 9.94. The second kappa shape index (κ2) is 2.88. The average Bonchev–Trinajstić information content (AvgIpc) is 2.34. The maximum Gasteiger partial charge on any atom is 0.283 e. The van der Waals surface area contributed by atoms with E-state index in [9.17, 15) is 15.0 Å². The zero-order chi connectivity index (χ0) is 10.5. The number of amides is 1. The van der Waals surface area contributed by atoms with E-state index in [1.54, 1.807) is 0 Å². The minimum atomic E-state index is -1.78. The van der Waals surface area contributed by atoms with Gasteiger partial charge in [-0.1, -0.05) is 0 Å². The lowest BCUT2D eigenvalue weighted by Gasteiger charge is -2.36. The molecule has 0 radical (unpaired) electrons. The smallest absolute Gasteiger partial charge is 0.283 e. The molecule has 80 valence electrons. The van der Waals surface area contributed by atoms with E-state index in [4.69, 9.17) is 14.7 Å². The zero-order valence-electron chi connectivity index (χ0n) is 7.45. The Balaban J connectivity index is 2.40. The molecule has 0 aromatic heterocycles. The number of fused-ring (bicyclic) bond motifs is 2. The van der Waals surface area contributed by atoms with Crippen LogP contribution in [0.5, 0.6) is 0 Å². The number of ether oxygens (including phenoxy) is 1. The van der Waals surface area contributed by atoms with Crippen LogP contribution in [0, 0.1) is 0 Å². The summed E-state index contributed by atoms with van der Waals surface area (Å²) in [7, 11) is 1.33. The molecule has 2 saturated heterocycles. The van der Waals surface area contributed by atoms with Crippen LogP contribution in [0.15, 0.2) is 0 Å². The summed E-state index contributed by atoms with van der Waals surface area (Å²) in [6.07, 6.45) is -3.80. The Morgan fingerprint density at radius 1 is 1.57 bits per heavy atom. The van der Waals surface area contributed by atoms with Gasteiger partial charge in [0.25, 0.3) is 5.91 Å². The predicted molar refractivity (Wildman–Crippen MR) is 40.6 cm³/mol. The van der Waals surface area contributed by atoms with Gasteiger partial charge < -0.3 is 20.1 Å². The van der Waals surface area contributed by atoms with Crippen molar-refractivity contribution in [3.8, 4) is 0 Å². The highest BCUT2D eigenvalue weighted by Gasteiger charge is 2.64. The van der Waals surface area contributed by atoms with E-state index in [2.05, 4.69) is 0 Å². The van der Waals surface area contributed by atoms with E-state index in [-0.39, 0.29) is 0 Å². The first-order valence-corrected chi connectivity index (χ1v) is 4.12. The lowest BCUT2D eigenvalue weighted by Crippen LogP contribution is -2.62. The van der Waals surface area contributed by atoms with E-state index in [0.717, 1.165) is 5.06 Å². The summed E-state index contributed by atoms with van der Waals surface area (Å²) in [6.45, 7) is -0.700. The van der Waals surface area contributed by atoms with Gasteiger partial charge >= 0.3 is 0 Å². The Labute approximate surface area is 79.4 Å². The van der Waals surface area contributed by atoms with Gasteiger partial charge in [-0.2, -0.15) is 0 Å². The molecule has 0 spiro atoms. The molecule has 0 aliphatic carbocycles. The van der Waals surface area contributed by atoms with Crippen LogP contribution in [-0.4, -0.2) is 64.0 Å². The fourth-order valence-electron chi connectivity index (χ4n) is 1.76. The molecule has 0 aromatic rings. The number of carbonyl (C=O) groups is 1. The van der Waals surface area contributed by atoms with Crippen molar-refractivity contribution in [3.63, 3.8) is 0 Å². The van der Waals surface area contributed by atoms with Crippen LogP contribution in [0.4, 0.5) is 0 Å². The second-order valence-corrected chi connectivity index (χ2v) is 3.37. The Morgan fingerprint density at radius 3 is 2.79 bits per heavy atom. The SMILES string of the molecule is CN1OC2C(O)[C@@](CO)(O[C@H]2O)C1=O. The van der Waals surface area contributed by atoms with Crippen molar-refractivity contribution >= 4 is 5.91 Å². The summed E-state index contributed by atoms with van der Waals surface area (Å²) in [5.41, 5.74) is -1.78. The Hall–Kier alpha value is -0.730. The first kappa shape index (κ1) is 9.81. The van der Waals surface area contributed by atoms with Crippen molar-refractivity contribution in [2.75, 3.05) is 13.7 Å². The van der Waals surface area contributed by atoms with Crippen molar-refractivity contribution in [2.45, 2.75) is 24.1 Å². The number of rotatable bonds is 1. The number of nitrogens with zero attached hydrogens (tertiary/aromatic N) is 1. The Bertz CT molecular complexity index is 271. The third-order valence-corrected chi connectivity index (χ3v) is 2.56. The highest BCUT2D eigenvalue weighted by molar-refractivity contribution is 5.86. The molecule has 7 heteroatoms. The van der Waals surface area contributed by atoms with E-state index in [1.807, 2.05) is 0 Å². The largest absolute Gasteiger partial charge is 0.393 e. The van der Waals surface area contributed by atoms with Gasteiger partial charge in [-0.15, -0.1) is 0 Å². The van der Waals surface area contributed by atoms with Gasteiger partial charge in [0.05, 0.1) is 6.61 Å². The van der Waals surface area contributed by atoms with Gasteiger partial charge in [-0.3, -0.25) is 9.63 Å². The third-order valence-electron chi connectivity index (χ3n) is 2.56. The molecule has 2 heterocycles. The highest BCUT2D eigenvalue weighted by atomic mass is 16.8. The third kappa shape index (κ3) is 0.956. The molecule has 2 bridgehead atoms. The predicted octanol–water partition coefficient (Wildman–Crippen LogP) is -2.80. The molecular weight excluding hydrogens is 194 g/mol. The molecule has 7 nitrogen and oxygen atoms in total. The topological polar surface area (TPSA) is 99.5 Å². The first-order chi connectivity index (χ1) is 6.53. The zero-order valence-corrected chi connectivity index (χ0v) is 7.45. The number of aliphatic hydroxyl groups is 3. The summed E-state index contributed by atoms with van der Waals surface area (Å²) in [6, 6.07) is 0. The summed E-state index contributed by atoms with van der Waals surface area (Å²) in [5, 5.41) is 28.8. The molecule has 2 fully saturated rings. The molecule has 0 aromatic carbocycles. The molecule has 0 saturated carbocycles. The van der Waals surface area contributed by atoms with E-state index >= 15 is 0 Å². The number of hydroxylamine groups is 2. The normalized spacial score (nSPS) is 47.3. The summed E-state index contributed by atoms with van der Waals surface area (Å²) >= 11 is 0. The Morgan fingerprint density at radius 2 is 2.21 bits per heavy atom. The van der Waals surface area contributed by atoms with Crippen LogP contribution < -0.4 is 0 Å². The molecule has 3 N–H and O–H groups in total. The number of aliphatic hydroxyl groups excluding tert-OH is 3. The monoisotopic (exact) mass is 205 g/mol. The molecule has 14 heavy (non-hydrogen) atoms. The molecule has 2 aliphatic heterocycles. The number of carbonyl (C=O) groups excluding carboxylic acids is 1. The van der Waals surface area contributed by atoms with Gasteiger partial charge in [-0.25, -0.2) is 5.06 Å². The molecule has 1 amide bonds.